The first-order valence-electron chi connectivity index (χ1n) is 4.85. The fraction of sp³-hybridized carbons (Fsp3) is 0.250. The second-order valence-electron chi connectivity index (χ2n) is 3.66. The van der Waals surface area contributed by atoms with E-state index in [1.807, 2.05) is 25.1 Å². The summed E-state index contributed by atoms with van der Waals surface area (Å²) in [5, 5.41) is 0. The van der Waals surface area contributed by atoms with E-state index in [2.05, 4.69) is 6.58 Å². The van der Waals surface area contributed by atoms with Gasteiger partial charge in [0, 0.05) is 12.6 Å². The van der Waals surface area contributed by atoms with Gasteiger partial charge in [0.15, 0.2) is 0 Å². The van der Waals surface area contributed by atoms with E-state index in [0.29, 0.717) is 5.69 Å². The fourth-order valence-corrected chi connectivity index (χ4v) is 1.81. The third-order valence-corrected chi connectivity index (χ3v) is 2.76. The van der Waals surface area contributed by atoms with Crippen molar-refractivity contribution in [1.82, 2.24) is 0 Å². The maximum atomic E-state index is 11.8. The molecule has 0 spiro atoms. The molecule has 0 radical (unpaired) electrons. The van der Waals surface area contributed by atoms with Crippen molar-refractivity contribution in [1.29, 1.82) is 0 Å². The molecule has 0 aliphatic carbocycles. The summed E-state index contributed by atoms with van der Waals surface area (Å²) in [5.41, 5.74) is 2.35. The Morgan fingerprint density at radius 3 is 2.29 bits per heavy atom. The van der Waals surface area contributed by atoms with Crippen molar-refractivity contribution in [3.63, 3.8) is 0 Å². The number of carbonyl (C=O) groups excluding carboxylic acids is 1. The van der Waals surface area contributed by atoms with E-state index in [0.717, 1.165) is 11.1 Å². The average molecular weight is 293 g/mol. The number of benzene rings is 1. The molecule has 0 aliphatic rings. The summed E-state index contributed by atoms with van der Waals surface area (Å²) in [5.74, 6) is -0.601. The number of allylic oxidation sites excluding steroid dienone is 1. The van der Waals surface area contributed by atoms with Crippen molar-refractivity contribution >= 4 is 52.0 Å². The molecule has 0 heterocycles. The Balaban J connectivity index is 3.17. The number of nitrogens with zero attached hydrogens (tertiary/aromatic N) is 1. The van der Waals surface area contributed by atoms with E-state index in [4.69, 9.17) is 34.8 Å². The van der Waals surface area contributed by atoms with Crippen LogP contribution in [-0.2, 0) is 4.79 Å². The zero-order chi connectivity index (χ0) is 13.2. The van der Waals surface area contributed by atoms with Crippen LogP contribution in [0.3, 0.4) is 0 Å². The SMILES string of the molecule is C=C(C)c1ccccc1N(C)C(=O)C(Cl)(Cl)Cl. The Morgan fingerprint density at radius 2 is 1.82 bits per heavy atom. The van der Waals surface area contributed by atoms with E-state index in [1.54, 1.807) is 13.1 Å². The summed E-state index contributed by atoms with van der Waals surface area (Å²) in [4.78, 5) is 13.2. The summed E-state index contributed by atoms with van der Waals surface area (Å²) in [6.45, 7) is 5.71. The zero-order valence-corrected chi connectivity index (χ0v) is 11.8. The second kappa shape index (κ2) is 5.30. The van der Waals surface area contributed by atoms with Crippen LogP contribution in [0.25, 0.3) is 5.57 Å². The molecule has 0 aromatic heterocycles. The Kier molecular flexibility index (Phi) is 4.48. The van der Waals surface area contributed by atoms with Crippen LogP contribution in [0.4, 0.5) is 5.69 Å². The van der Waals surface area contributed by atoms with Gasteiger partial charge in [0.2, 0.25) is 0 Å². The number of halogens is 3. The number of anilines is 1. The minimum atomic E-state index is -1.96. The molecule has 0 atom stereocenters. The van der Waals surface area contributed by atoms with Gasteiger partial charge in [0.25, 0.3) is 9.70 Å². The molecule has 17 heavy (non-hydrogen) atoms. The summed E-state index contributed by atoms with van der Waals surface area (Å²) in [6.07, 6.45) is 0. The summed E-state index contributed by atoms with van der Waals surface area (Å²) in [7, 11) is 1.56. The Morgan fingerprint density at radius 1 is 1.29 bits per heavy atom. The highest BCUT2D eigenvalue weighted by atomic mass is 35.6. The number of alkyl halides is 3. The number of hydrogen-bond acceptors (Lipinski definition) is 1. The van der Waals surface area contributed by atoms with Crippen LogP contribution in [0.5, 0.6) is 0 Å². The quantitative estimate of drug-likeness (QED) is 0.753. The van der Waals surface area contributed by atoms with Crippen molar-refractivity contribution in [2.24, 2.45) is 0 Å². The molecular formula is C12H12Cl3NO. The molecule has 0 fully saturated rings. The van der Waals surface area contributed by atoms with Crippen molar-refractivity contribution < 1.29 is 4.79 Å². The highest BCUT2D eigenvalue weighted by Crippen LogP contribution is 2.32. The average Bonchev–Trinajstić information content (AvgIpc) is 2.25. The molecule has 92 valence electrons. The zero-order valence-electron chi connectivity index (χ0n) is 9.51. The van der Waals surface area contributed by atoms with Crippen LogP contribution in [0.1, 0.15) is 12.5 Å². The lowest BCUT2D eigenvalue weighted by molar-refractivity contribution is -0.117. The number of para-hydroxylation sites is 1. The number of rotatable bonds is 2. The highest BCUT2D eigenvalue weighted by molar-refractivity contribution is 6.76. The van der Waals surface area contributed by atoms with E-state index in [9.17, 15) is 4.79 Å². The Labute approximate surface area is 116 Å². The van der Waals surface area contributed by atoms with E-state index >= 15 is 0 Å². The first kappa shape index (κ1) is 14.4. The monoisotopic (exact) mass is 291 g/mol. The van der Waals surface area contributed by atoms with Crippen LogP contribution >= 0.6 is 34.8 Å². The van der Waals surface area contributed by atoms with Crippen LogP contribution in [0.2, 0.25) is 0 Å². The Bertz CT molecular complexity index is 451. The van der Waals surface area contributed by atoms with Gasteiger partial charge in [-0.05, 0) is 18.6 Å². The number of hydrogen-bond donors (Lipinski definition) is 0. The fourth-order valence-electron chi connectivity index (χ4n) is 1.43. The van der Waals surface area contributed by atoms with Crippen molar-refractivity contribution in [3.8, 4) is 0 Å². The van der Waals surface area contributed by atoms with Crippen molar-refractivity contribution in [2.75, 3.05) is 11.9 Å². The van der Waals surface area contributed by atoms with Gasteiger partial charge >= 0.3 is 0 Å². The standard InChI is InChI=1S/C12H12Cl3NO/c1-8(2)9-6-4-5-7-10(9)16(3)11(17)12(13,14)15/h4-7H,1H2,2-3H3. The largest absolute Gasteiger partial charge is 0.311 e. The third kappa shape index (κ3) is 3.38. The maximum Gasteiger partial charge on any atom is 0.278 e. The summed E-state index contributed by atoms with van der Waals surface area (Å²) < 4.78 is -1.96. The second-order valence-corrected chi connectivity index (χ2v) is 5.94. The van der Waals surface area contributed by atoms with E-state index in [-0.39, 0.29) is 0 Å². The maximum absolute atomic E-state index is 11.8. The molecule has 0 saturated heterocycles. The minimum absolute atomic E-state index is 0.601. The lowest BCUT2D eigenvalue weighted by Crippen LogP contribution is -2.36. The lowest BCUT2D eigenvalue weighted by atomic mass is 10.1. The predicted molar refractivity (Wildman–Crippen MR) is 74.9 cm³/mol. The molecule has 0 bridgehead atoms. The molecule has 1 aromatic carbocycles. The van der Waals surface area contributed by atoms with E-state index < -0.39 is 9.70 Å². The van der Waals surface area contributed by atoms with Crippen molar-refractivity contribution in [3.05, 3.63) is 36.4 Å². The topological polar surface area (TPSA) is 20.3 Å². The molecule has 0 saturated carbocycles. The van der Waals surface area contributed by atoms with Crippen LogP contribution < -0.4 is 4.90 Å². The van der Waals surface area contributed by atoms with Crippen LogP contribution in [-0.4, -0.2) is 16.7 Å². The van der Waals surface area contributed by atoms with Gasteiger partial charge in [-0.1, -0.05) is 59.6 Å². The molecule has 0 aliphatic heterocycles. The molecule has 0 unspecified atom stereocenters. The smallest absolute Gasteiger partial charge is 0.278 e. The number of amides is 1. The summed E-state index contributed by atoms with van der Waals surface area (Å²) >= 11 is 16.7. The van der Waals surface area contributed by atoms with Gasteiger partial charge in [0.1, 0.15) is 0 Å². The van der Waals surface area contributed by atoms with Gasteiger partial charge < -0.3 is 4.90 Å². The minimum Gasteiger partial charge on any atom is -0.311 e. The highest BCUT2D eigenvalue weighted by Gasteiger charge is 2.34. The third-order valence-electron chi connectivity index (χ3n) is 2.27. The van der Waals surface area contributed by atoms with E-state index in [1.165, 1.54) is 4.90 Å². The van der Waals surface area contributed by atoms with Gasteiger partial charge in [0.05, 0.1) is 5.69 Å². The molecular weight excluding hydrogens is 280 g/mol. The lowest BCUT2D eigenvalue weighted by Gasteiger charge is -2.24. The first-order chi connectivity index (χ1) is 7.75. The molecule has 2 nitrogen and oxygen atoms in total. The van der Waals surface area contributed by atoms with Crippen molar-refractivity contribution in [2.45, 2.75) is 10.7 Å². The number of carbonyl (C=O) groups is 1. The Hall–Kier alpha value is -0.700. The molecule has 5 heteroatoms. The molecule has 1 aromatic rings. The van der Waals surface area contributed by atoms with Gasteiger partial charge in [-0.3, -0.25) is 4.79 Å². The predicted octanol–water partition coefficient (Wildman–Crippen LogP) is 4.05. The van der Waals surface area contributed by atoms with Crippen LogP contribution in [0, 0.1) is 0 Å². The molecule has 1 rings (SSSR count). The first-order valence-corrected chi connectivity index (χ1v) is 5.98. The van der Waals surface area contributed by atoms with Gasteiger partial charge in [-0.2, -0.15) is 0 Å². The van der Waals surface area contributed by atoms with Gasteiger partial charge in [-0.15, -0.1) is 0 Å². The van der Waals surface area contributed by atoms with Crippen LogP contribution in [0.15, 0.2) is 30.8 Å². The normalized spacial score (nSPS) is 11.1. The molecule has 0 N–H and O–H groups in total. The molecule has 1 amide bonds. The van der Waals surface area contributed by atoms with Gasteiger partial charge in [-0.25, -0.2) is 0 Å². The summed E-state index contributed by atoms with van der Waals surface area (Å²) in [6, 6.07) is 7.31.